The summed E-state index contributed by atoms with van der Waals surface area (Å²) >= 11 is 0. The predicted octanol–water partition coefficient (Wildman–Crippen LogP) is 3.66. The van der Waals surface area contributed by atoms with Gasteiger partial charge in [-0.2, -0.15) is 5.10 Å². The molecule has 0 spiro atoms. The number of hydrogen-bond donors (Lipinski definition) is 3. The van der Waals surface area contributed by atoms with Crippen LogP contribution in [-0.4, -0.2) is 30.5 Å². The van der Waals surface area contributed by atoms with Gasteiger partial charge in [-0.05, 0) is 54.8 Å². The van der Waals surface area contributed by atoms with Gasteiger partial charge in [0.25, 0.3) is 5.91 Å². The second kappa shape index (κ2) is 12.0. The van der Waals surface area contributed by atoms with Crippen LogP contribution in [0.4, 0.5) is 11.4 Å². The Kier molecular flexibility index (Phi) is 8.51. The zero-order valence-electron chi connectivity index (χ0n) is 19.0. The monoisotopic (exact) mass is 458 g/mol. The highest BCUT2D eigenvalue weighted by Gasteiger charge is 2.14. The Morgan fingerprint density at radius 3 is 2.47 bits per heavy atom. The maximum atomic E-state index is 12.2. The molecule has 0 aliphatic heterocycles. The van der Waals surface area contributed by atoms with Crippen molar-refractivity contribution in [3.63, 3.8) is 0 Å². The van der Waals surface area contributed by atoms with Gasteiger partial charge in [-0.1, -0.05) is 49.4 Å². The Morgan fingerprint density at radius 2 is 1.68 bits per heavy atom. The number of carbonyl (C=O) groups excluding carboxylic acids is 3. The van der Waals surface area contributed by atoms with Crippen LogP contribution < -0.4 is 20.8 Å². The van der Waals surface area contributed by atoms with Crippen LogP contribution in [0.3, 0.4) is 0 Å². The minimum Gasteiger partial charge on any atom is -0.483 e. The molecule has 0 saturated carbocycles. The van der Waals surface area contributed by atoms with Gasteiger partial charge in [-0.15, -0.1) is 0 Å². The third kappa shape index (κ3) is 7.03. The van der Waals surface area contributed by atoms with Crippen LogP contribution in [0.2, 0.25) is 0 Å². The number of carbonyl (C=O) groups is 3. The molecule has 0 bridgehead atoms. The number of hydrogen-bond acceptors (Lipinski definition) is 5. The van der Waals surface area contributed by atoms with Gasteiger partial charge in [0.2, 0.25) is 0 Å². The molecule has 0 saturated heterocycles. The zero-order chi connectivity index (χ0) is 24.3. The van der Waals surface area contributed by atoms with E-state index in [9.17, 15) is 14.4 Å². The zero-order valence-corrected chi connectivity index (χ0v) is 19.0. The van der Waals surface area contributed by atoms with Gasteiger partial charge in [0, 0.05) is 16.9 Å². The number of nitrogens with one attached hydrogen (secondary N) is 3. The van der Waals surface area contributed by atoms with E-state index in [4.69, 9.17) is 4.74 Å². The molecule has 0 atom stereocenters. The fourth-order valence-electron chi connectivity index (χ4n) is 3.12. The van der Waals surface area contributed by atoms with Gasteiger partial charge >= 0.3 is 11.8 Å². The number of hydrazone groups is 1. The molecular formula is C26H26N4O4. The van der Waals surface area contributed by atoms with Gasteiger partial charge in [-0.3, -0.25) is 14.4 Å². The molecule has 8 heteroatoms. The molecule has 0 unspecified atom stereocenters. The molecule has 3 aromatic rings. The third-order valence-corrected chi connectivity index (χ3v) is 4.80. The smallest absolute Gasteiger partial charge is 0.329 e. The van der Waals surface area contributed by atoms with Crippen LogP contribution in [0.15, 0.2) is 77.9 Å². The highest BCUT2D eigenvalue weighted by atomic mass is 16.5. The molecule has 174 valence electrons. The fourth-order valence-corrected chi connectivity index (χ4v) is 3.12. The lowest BCUT2D eigenvalue weighted by Gasteiger charge is -2.10. The first kappa shape index (κ1) is 24.2. The maximum Gasteiger partial charge on any atom is 0.329 e. The number of para-hydroxylation sites is 2. The second-order valence-corrected chi connectivity index (χ2v) is 7.41. The number of rotatable bonds is 8. The summed E-state index contributed by atoms with van der Waals surface area (Å²) < 4.78 is 5.62. The number of amides is 3. The van der Waals surface area contributed by atoms with Crippen molar-refractivity contribution in [2.24, 2.45) is 5.10 Å². The van der Waals surface area contributed by atoms with Crippen molar-refractivity contribution in [2.75, 3.05) is 17.2 Å². The van der Waals surface area contributed by atoms with E-state index in [0.29, 0.717) is 22.7 Å². The van der Waals surface area contributed by atoms with Crippen molar-refractivity contribution in [1.82, 2.24) is 5.43 Å². The van der Waals surface area contributed by atoms with Crippen LogP contribution in [0.5, 0.6) is 5.75 Å². The Bertz CT molecular complexity index is 1210. The van der Waals surface area contributed by atoms with Gasteiger partial charge in [0.15, 0.2) is 6.61 Å². The van der Waals surface area contributed by atoms with Crippen molar-refractivity contribution in [3.8, 4) is 5.75 Å². The first-order chi connectivity index (χ1) is 16.5. The van der Waals surface area contributed by atoms with Crippen LogP contribution in [-0.2, 0) is 20.8 Å². The summed E-state index contributed by atoms with van der Waals surface area (Å²) in [5.74, 6) is -1.63. The molecule has 3 aromatic carbocycles. The van der Waals surface area contributed by atoms with Crippen molar-refractivity contribution >= 4 is 35.3 Å². The lowest BCUT2D eigenvalue weighted by molar-refractivity contribution is -0.136. The normalized spacial score (nSPS) is 10.5. The average Bonchev–Trinajstić information content (AvgIpc) is 2.83. The quantitative estimate of drug-likeness (QED) is 0.272. The number of anilines is 2. The summed E-state index contributed by atoms with van der Waals surface area (Å²) in [6.07, 6.45) is 2.06. The highest BCUT2D eigenvalue weighted by molar-refractivity contribution is 6.39. The molecular weight excluding hydrogens is 432 g/mol. The molecule has 34 heavy (non-hydrogen) atoms. The van der Waals surface area contributed by atoms with E-state index >= 15 is 0 Å². The largest absolute Gasteiger partial charge is 0.483 e. The van der Waals surface area contributed by atoms with E-state index < -0.39 is 11.8 Å². The van der Waals surface area contributed by atoms with Crippen LogP contribution >= 0.6 is 0 Å². The summed E-state index contributed by atoms with van der Waals surface area (Å²) in [7, 11) is 0. The third-order valence-electron chi connectivity index (χ3n) is 4.80. The first-order valence-electron chi connectivity index (χ1n) is 10.8. The average molecular weight is 459 g/mol. The summed E-state index contributed by atoms with van der Waals surface area (Å²) in [4.78, 5) is 36.5. The highest BCUT2D eigenvalue weighted by Crippen LogP contribution is 2.17. The minimum atomic E-state index is -0.905. The first-order valence-corrected chi connectivity index (χ1v) is 10.8. The molecule has 8 nitrogen and oxygen atoms in total. The maximum absolute atomic E-state index is 12.2. The van der Waals surface area contributed by atoms with E-state index in [-0.39, 0.29) is 12.5 Å². The number of aryl methyl sites for hydroxylation is 2. The van der Waals surface area contributed by atoms with Crippen molar-refractivity contribution in [2.45, 2.75) is 20.3 Å². The summed E-state index contributed by atoms with van der Waals surface area (Å²) in [5, 5.41) is 9.20. The Morgan fingerprint density at radius 1 is 0.912 bits per heavy atom. The topological polar surface area (TPSA) is 109 Å². The summed E-state index contributed by atoms with van der Waals surface area (Å²) in [6.45, 7) is 3.69. The summed E-state index contributed by atoms with van der Waals surface area (Å²) in [5.41, 5.74) is 5.95. The SMILES string of the molecule is CCc1ccccc1NC(=O)C(=O)N/N=C\c1ccccc1OCC(=O)Nc1cccc(C)c1. The molecule has 3 amide bonds. The molecule has 0 aliphatic carbocycles. The van der Waals surface area contributed by atoms with Crippen molar-refractivity contribution in [3.05, 3.63) is 89.5 Å². The molecule has 0 aromatic heterocycles. The Hall–Kier alpha value is -4.46. The van der Waals surface area contributed by atoms with E-state index in [2.05, 4.69) is 21.2 Å². The molecule has 0 fully saturated rings. The van der Waals surface area contributed by atoms with Gasteiger partial charge in [-0.25, -0.2) is 5.43 Å². The number of benzene rings is 3. The standard InChI is InChI=1S/C26H26N4O4/c1-3-19-10-4-6-13-22(19)29-25(32)26(33)30-27-16-20-11-5-7-14-23(20)34-17-24(31)28-21-12-8-9-18(2)15-21/h4-16H,3,17H2,1-2H3,(H,28,31)(H,29,32)(H,30,33)/b27-16-. The van der Waals surface area contributed by atoms with Gasteiger partial charge in [0.1, 0.15) is 5.75 Å². The van der Waals surface area contributed by atoms with E-state index in [1.165, 1.54) is 6.21 Å². The predicted molar refractivity (Wildman–Crippen MR) is 132 cm³/mol. The lowest BCUT2D eigenvalue weighted by atomic mass is 10.1. The number of nitrogens with zero attached hydrogens (tertiary/aromatic N) is 1. The van der Waals surface area contributed by atoms with Crippen LogP contribution in [0, 0.1) is 6.92 Å². The van der Waals surface area contributed by atoms with Crippen LogP contribution in [0.25, 0.3) is 0 Å². The van der Waals surface area contributed by atoms with Crippen LogP contribution in [0.1, 0.15) is 23.6 Å². The molecule has 3 rings (SSSR count). The Balaban J connectivity index is 1.54. The molecule has 3 N–H and O–H groups in total. The molecule has 0 radical (unpaired) electrons. The lowest BCUT2D eigenvalue weighted by Crippen LogP contribution is -2.32. The van der Waals surface area contributed by atoms with Crippen molar-refractivity contribution in [1.29, 1.82) is 0 Å². The second-order valence-electron chi connectivity index (χ2n) is 7.41. The Labute approximate surface area is 198 Å². The van der Waals surface area contributed by atoms with E-state index in [1.54, 1.807) is 42.5 Å². The summed E-state index contributed by atoms with van der Waals surface area (Å²) in [6, 6.07) is 21.6. The van der Waals surface area contributed by atoms with E-state index in [0.717, 1.165) is 17.5 Å². The van der Waals surface area contributed by atoms with E-state index in [1.807, 2.05) is 44.2 Å². The fraction of sp³-hybridized carbons (Fsp3) is 0.154. The van der Waals surface area contributed by atoms with Gasteiger partial charge in [0.05, 0.1) is 6.21 Å². The van der Waals surface area contributed by atoms with Crippen molar-refractivity contribution < 1.29 is 19.1 Å². The number of ether oxygens (including phenoxy) is 1. The molecule has 0 aliphatic rings. The minimum absolute atomic E-state index is 0.204. The van der Waals surface area contributed by atoms with Gasteiger partial charge < -0.3 is 15.4 Å². The molecule has 0 heterocycles.